The number of ether oxygens (including phenoxy) is 3. The quantitative estimate of drug-likeness (QED) is 0.217. The van der Waals surface area contributed by atoms with E-state index in [0.717, 1.165) is 12.2 Å². The lowest BCUT2D eigenvalue weighted by Crippen LogP contribution is -2.35. The van der Waals surface area contributed by atoms with Crippen molar-refractivity contribution >= 4 is 39.9 Å². The molecule has 0 aliphatic carbocycles. The van der Waals surface area contributed by atoms with Crippen molar-refractivity contribution in [3.05, 3.63) is 77.4 Å². The van der Waals surface area contributed by atoms with Gasteiger partial charge in [-0.15, -0.1) is 0 Å². The first-order chi connectivity index (χ1) is 20.2. The Morgan fingerprint density at radius 1 is 0.952 bits per heavy atom. The minimum absolute atomic E-state index is 0.0454. The summed E-state index contributed by atoms with van der Waals surface area (Å²) in [5.74, 6) is 0.640. The molecule has 4 aromatic rings. The van der Waals surface area contributed by atoms with Crippen molar-refractivity contribution in [2.24, 2.45) is 4.99 Å². The van der Waals surface area contributed by atoms with Crippen molar-refractivity contribution in [3.63, 3.8) is 0 Å². The highest BCUT2D eigenvalue weighted by Gasteiger charge is 2.22. The van der Waals surface area contributed by atoms with Gasteiger partial charge in [0.1, 0.15) is 13.2 Å². The van der Waals surface area contributed by atoms with E-state index in [0.29, 0.717) is 70.2 Å². The number of likely N-dealkylation sites (N-methyl/N-ethyl adjacent to an activating group) is 1. The second-order valence-electron chi connectivity index (χ2n) is 10.1. The Bertz CT molecular complexity index is 1640. The lowest BCUT2D eigenvalue weighted by molar-refractivity contribution is -0.116. The summed E-state index contributed by atoms with van der Waals surface area (Å²) in [6.07, 6.45) is 0. The van der Waals surface area contributed by atoms with Crippen molar-refractivity contribution in [1.82, 2.24) is 9.88 Å². The van der Waals surface area contributed by atoms with Crippen molar-refractivity contribution < 1.29 is 28.9 Å². The normalized spacial score (nSPS) is 12.9. The van der Waals surface area contributed by atoms with Gasteiger partial charge in [0.2, 0.25) is 5.91 Å². The molecule has 1 aromatic heterocycles. The number of hydrogen-bond acceptors (Lipinski definition) is 8. The minimum atomic E-state index is -0.443. The van der Waals surface area contributed by atoms with Gasteiger partial charge in [0.25, 0.3) is 0 Å². The number of rotatable bonds is 9. The number of aliphatic imine (C=N–C) groups is 1. The van der Waals surface area contributed by atoms with E-state index >= 15 is 0 Å². The molecule has 2 heterocycles. The van der Waals surface area contributed by atoms with Crippen molar-refractivity contribution in [3.8, 4) is 17.4 Å². The highest BCUT2D eigenvalue weighted by Crippen LogP contribution is 2.36. The Labute approximate surface area is 244 Å². The zero-order valence-corrected chi connectivity index (χ0v) is 24.1. The molecule has 1 aliphatic rings. The van der Waals surface area contributed by atoms with Gasteiger partial charge in [-0.3, -0.25) is 4.79 Å². The van der Waals surface area contributed by atoms with Crippen LogP contribution in [0.1, 0.15) is 35.3 Å². The lowest BCUT2D eigenvalue weighted by atomic mass is 9.99. The molecule has 0 bridgehead atoms. The molecule has 0 atom stereocenters. The molecule has 218 valence electrons. The maximum atomic E-state index is 12.3. The van der Waals surface area contributed by atoms with Crippen LogP contribution in [0.15, 0.2) is 65.7 Å². The fourth-order valence-corrected chi connectivity index (χ4v) is 4.82. The third-order valence-electron chi connectivity index (χ3n) is 6.90. The molecule has 10 heteroatoms. The molecule has 0 saturated carbocycles. The van der Waals surface area contributed by atoms with Crippen LogP contribution in [-0.4, -0.2) is 79.6 Å². The molecule has 0 unspecified atom stereocenters. The van der Waals surface area contributed by atoms with E-state index < -0.39 is 5.97 Å². The fourth-order valence-electron chi connectivity index (χ4n) is 4.82. The van der Waals surface area contributed by atoms with Crippen LogP contribution in [0.4, 0.5) is 11.4 Å². The van der Waals surface area contributed by atoms with Crippen LogP contribution in [0, 0.1) is 0 Å². The molecule has 0 spiro atoms. The molecule has 0 fully saturated rings. The van der Waals surface area contributed by atoms with Crippen LogP contribution in [0.3, 0.4) is 0 Å². The molecule has 0 radical (unpaired) electrons. The second-order valence-corrected chi connectivity index (χ2v) is 10.1. The van der Waals surface area contributed by atoms with Gasteiger partial charge in [0, 0.05) is 42.2 Å². The Kier molecular flexibility index (Phi) is 8.44. The zero-order valence-electron chi connectivity index (χ0n) is 24.1. The van der Waals surface area contributed by atoms with Crippen molar-refractivity contribution in [2.45, 2.75) is 13.8 Å². The Hall–Kier alpha value is -4.83. The Morgan fingerprint density at radius 2 is 1.67 bits per heavy atom. The van der Waals surface area contributed by atoms with Gasteiger partial charge < -0.3 is 34.1 Å². The molecule has 10 nitrogen and oxygen atoms in total. The molecule has 1 amide bonds. The number of nitrogens with zero attached hydrogens (tertiary/aromatic N) is 3. The highest BCUT2D eigenvalue weighted by molar-refractivity contribution is 6.22. The van der Waals surface area contributed by atoms with E-state index in [-0.39, 0.29) is 18.4 Å². The number of H-pyrrole nitrogens is 1. The van der Waals surface area contributed by atoms with Crippen molar-refractivity contribution in [1.29, 1.82) is 0 Å². The second kappa shape index (κ2) is 12.4. The van der Waals surface area contributed by atoms with Crippen LogP contribution in [0.25, 0.3) is 10.9 Å². The molecular weight excluding hydrogens is 536 g/mol. The number of aromatic nitrogens is 1. The van der Waals surface area contributed by atoms with E-state index in [1.807, 2.05) is 61.5 Å². The number of fused-ring (bicyclic) bond motifs is 2. The van der Waals surface area contributed by atoms with Crippen LogP contribution in [-0.2, 0) is 9.53 Å². The van der Waals surface area contributed by atoms with Gasteiger partial charge in [-0.1, -0.05) is 6.07 Å². The Balaban J connectivity index is 1.60. The van der Waals surface area contributed by atoms with Gasteiger partial charge in [0.15, 0.2) is 17.4 Å². The van der Waals surface area contributed by atoms with Gasteiger partial charge in [0.05, 0.1) is 29.1 Å². The fraction of sp³-hybridized carbons (Fsp3) is 0.281. The third-order valence-corrected chi connectivity index (χ3v) is 6.90. The van der Waals surface area contributed by atoms with E-state index in [1.165, 1.54) is 0 Å². The Morgan fingerprint density at radius 3 is 2.36 bits per heavy atom. The summed E-state index contributed by atoms with van der Waals surface area (Å²) in [5, 5.41) is 11.8. The summed E-state index contributed by atoms with van der Waals surface area (Å²) in [5.41, 5.74) is 3.98. The summed E-state index contributed by atoms with van der Waals surface area (Å²) >= 11 is 0. The average molecular weight is 571 g/mol. The zero-order chi connectivity index (χ0) is 29.8. The molecule has 0 saturated heterocycles. The number of aromatic amines is 1. The molecule has 5 rings (SSSR count). The first kappa shape index (κ1) is 28.7. The average Bonchev–Trinajstić information content (AvgIpc) is 3.30. The van der Waals surface area contributed by atoms with Crippen LogP contribution in [0.2, 0.25) is 0 Å². The first-order valence-corrected chi connectivity index (χ1v) is 13.8. The van der Waals surface area contributed by atoms with Gasteiger partial charge in [-0.25, -0.2) is 9.79 Å². The number of aromatic hydroxyl groups is 1. The monoisotopic (exact) mass is 570 g/mol. The number of amides is 1. The van der Waals surface area contributed by atoms with Gasteiger partial charge >= 0.3 is 5.97 Å². The standard InChI is InChI=1S/C32H34N4O6/c1-5-40-32(39)22-6-12-25-26(18-22)34-31(38)29(25)30(21-7-13-27-28(19-21)42-17-16-41-27)33-23-8-10-24(11-9-23)36(20(2)37)15-14-35(3)4/h6-13,18-19,34,38H,5,14-17H2,1-4H3. The molecular formula is C32H34N4O6. The number of anilines is 1. The maximum Gasteiger partial charge on any atom is 0.338 e. The largest absolute Gasteiger partial charge is 0.494 e. The molecule has 2 N–H and O–H groups in total. The topological polar surface area (TPSA) is 117 Å². The SMILES string of the molecule is CCOC(=O)c1ccc2c(C(=Nc3ccc(N(CCN(C)C)C(C)=O)cc3)c3ccc4c(c3)OCCO4)c(O)[nH]c2c1. The van der Waals surface area contributed by atoms with Crippen molar-refractivity contribution in [2.75, 3.05) is 51.9 Å². The van der Waals surface area contributed by atoms with Crippen LogP contribution >= 0.6 is 0 Å². The van der Waals surface area contributed by atoms with Gasteiger partial charge in [-0.2, -0.15) is 0 Å². The third kappa shape index (κ3) is 6.08. The highest BCUT2D eigenvalue weighted by atomic mass is 16.6. The van der Waals surface area contributed by atoms with Crippen LogP contribution < -0.4 is 14.4 Å². The summed E-state index contributed by atoms with van der Waals surface area (Å²) in [4.78, 5) is 36.4. The lowest BCUT2D eigenvalue weighted by Gasteiger charge is -2.23. The number of carbonyl (C=O) groups is 2. The summed E-state index contributed by atoms with van der Waals surface area (Å²) < 4.78 is 16.7. The number of hydrogen-bond donors (Lipinski definition) is 2. The van der Waals surface area contributed by atoms with Gasteiger partial charge in [-0.05, 0) is 75.6 Å². The van der Waals surface area contributed by atoms with E-state index in [1.54, 1.807) is 36.9 Å². The predicted molar refractivity (Wildman–Crippen MR) is 162 cm³/mol. The number of carbonyl (C=O) groups excluding carboxylic acids is 2. The van der Waals surface area contributed by atoms with E-state index in [2.05, 4.69) is 4.98 Å². The smallest absolute Gasteiger partial charge is 0.338 e. The minimum Gasteiger partial charge on any atom is -0.494 e. The predicted octanol–water partition coefficient (Wildman–Crippen LogP) is 4.91. The summed E-state index contributed by atoms with van der Waals surface area (Å²) in [7, 11) is 3.93. The van der Waals surface area contributed by atoms with E-state index in [9.17, 15) is 14.7 Å². The number of nitrogens with one attached hydrogen (secondary N) is 1. The van der Waals surface area contributed by atoms with E-state index in [4.69, 9.17) is 19.2 Å². The molecule has 42 heavy (non-hydrogen) atoms. The molecule has 3 aromatic carbocycles. The molecule has 1 aliphatic heterocycles. The van der Waals surface area contributed by atoms with Crippen LogP contribution in [0.5, 0.6) is 17.4 Å². The number of benzene rings is 3. The maximum absolute atomic E-state index is 12.3. The summed E-state index contributed by atoms with van der Waals surface area (Å²) in [6, 6.07) is 18.0. The summed E-state index contributed by atoms with van der Waals surface area (Å²) in [6.45, 7) is 5.75. The first-order valence-electron chi connectivity index (χ1n) is 13.8. The number of esters is 1.